The maximum absolute atomic E-state index is 12.4. The molecular formula is C16H21N5O4. The Morgan fingerprint density at radius 2 is 2.04 bits per heavy atom. The summed E-state index contributed by atoms with van der Waals surface area (Å²) in [6, 6.07) is 4.30. The van der Waals surface area contributed by atoms with Gasteiger partial charge in [0, 0.05) is 17.8 Å². The number of nitrogens with one attached hydrogen (secondary N) is 3. The maximum Gasteiger partial charge on any atom is 0.326 e. The van der Waals surface area contributed by atoms with Gasteiger partial charge in [-0.2, -0.15) is 0 Å². The fourth-order valence-electron chi connectivity index (χ4n) is 2.59. The van der Waals surface area contributed by atoms with Gasteiger partial charge in [0.15, 0.2) is 0 Å². The average molecular weight is 347 g/mol. The summed E-state index contributed by atoms with van der Waals surface area (Å²) in [5.74, 6) is -1.45. The van der Waals surface area contributed by atoms with E-state index in [-0.39, 0.29) is 18.2 Å². The largest absolute Gasteiger partial charge is 0.480 e. The van der Waals surface area contributed by atoms with Crippen LogP contribution >= 0.6 is 0 Å². The zero-order valence-electron chi connectivity index (χ0n) is 13.8. The van der Waals surface area contributed by atoms with Crippen LogP contribution in [-0.2, 0) is 9.59 Å². The molecule has 1 aliphatic rings. The standard InChI is InChI=1S/C16H21N5O4/c1-2-11(15(23)24)19-16(25)20-12-7-8-21(14(12)22)10-5-3-9(4-6-10)13(17)18/h3-6,11-12H,2,7-8H2,1H3,(H3,17,18)(H,23,24)(H2,19,20,25)/t11-,12?/m1/s1. The molecule has 0 aromatic heterocycles. The Morgan fingerprint density at radius 3 is 2.56 bits per heavy atom. The highest BCUT2D eigenvalue weighted by Crippen LogP contribution is 2.22. The number of carbonyl (C=O) groups excluding carboxylic acids is 2. The number of carboxylic acid groups (broad SMARTS) is 1. The third kappa shape index (κ3) is 4.25. The minimum atomic E-state index is -1.12. The van der Waals surface area contributed by atoms with Gasteiger partial charge in [-0.05, 0) is 37.1 Å². The van der Waals surface area contributed by atoms with Crippen molar-refractivity contribution in [2.75, 3.05) is 11.4 Å². The summed E-state index contributed by atoms with van der Waals surface area (Å²) in [4.78, 5) is 36.8. The predicted molar refractivity (Wildman–Crippen MR) is 91.6 cm³/mol. The number of aliphatic carboxylic acids is 1. The number of urea groups is 1. The van der Waals surface area contributed by atoms with Crippen LogP contribution in [0, 0.1) is 5.41 Å². The van der Waals surface area contributed by atoms with Crippen LogP contribution in [0.4, 0.5) is 10.5 Å². The zero-order valence-corrected chi connectivity index (χ0v) is 13.8. The van der Waals surface area contributed by atoms with Gasteiger partial charge in [-0.15, -0.1) is 0 Å². The SMILES string of the molecule is CC[C@@H](NC(=O)NC1CCN(c2ccc(C(=N)N)cc2)C1=O)C(=O)O. The van der Waals surface area contributed by atoms with Crippen molar-refractivity contribution in [1.82, 2.24) is 10.6 Å². The molecule has 1 heterocycles. The van der Waals surface area contributed by atoms with Crippen LogP contribution in [0.1, 0.15) is 25.3 Å². The van der Waals surface area contributed by atoms with Crippen LogP contribution < -0.4 is 21.3 Å². The molecule has 0 bridgehead atoms. The van der Waals surface area contributed by atoms with Gasteiger partial charge in [0.05, 0.1) is 0 Å². The molecular weight excluding hydrogens is 326 g/mol. The van der Waals surface area contributed by atoms with Gasteiger partial charge in [-0.1, -0.05) is 6.92 Å². The summed E-state index contributed by atoms with van der Waals surface area (Å²) in [6.07, 6.45) is 0.667. The Morgan fingerprint density at radius 1 is 1.40 bits per heavy atom. The zero-order chi connectivity index (χ0) is 18.6. The van der Waals surface area contributed by atoms with Crippen molar-refractivity contribution in [2.24, 2.45) is 5.73 Å². The first-order chi connectivity index (χ1) is 11.8. The highest BCUT2D eigenvalue weighted by atomic mass is 16.4. The third-order valence-corrected chi connectivity index (χ3v) is 4.01. The van der Waals surface area contributed by atoms with Crippen LogP contribution in [0.25, 0.3) is 0 Å². The van der Waals surface area contributed by atoms with Crippen LogP contribution in [0.15, 0.2) is 24.3 Å². The summed E-state index contributed by atoms with van der Waals surface area (Å²) >= 11 is 0. The molecule has 0 spiro atoms. The molecule has 1 aromatic carbocycles. The number of rotatable bonds is 6. The second kappa shape index (κ2) is 7.65. The number of hydrogen-bond donors (Lipinski definition) is 5. The van der Waals surface area contributed by atoms with Gasteiger partial charge in [0.25, 0.3) is 0 Å². The number of carboxylic acids is 1. The van der Waals surface area contributed by atoms with E-state index in [2.05, 4.69) is 10.6 Å². The number of amides is 3. The topological polar surface area (TPSA) is 149 Å². The van der Waals surface area contributed by atoms with Crippen LogP contribution in [0.3, 0.4) is 0 Å². The van der Waals surface area contributed by atoms with E-state index in [0.29, 0.717) is 24.2 Å². The van der Waals surface area contributed by atoms with Crippen LogP contribution in [0.2, 0.25) is 0 Å². The molecule has 0 aliphatic carbocycles. The normalized spacial score (nSPS) is 17.9. The molecule has 2 atom stereocenters. The van der Waals surface area contributed by atoms with E-state index in [1.54, 1.807) is 31.2 Å². The molecule has 9 heteroatoms. The summed E-state index contributed by atoms with van der Waals surface area (Å²) in [5.41, 5.74) is 6.61. The number of anilines is 1. The molecule has 1 aromatic rings. The Labute approximate surface area is 144 Å². The Balaban J connectivity index is 1.98. The number of nitrogen functional groups attached to an aromatic ring is 1. The molecule has 0 radical (unpaired) electrons. The third-order valence-electron chi connectivity index (χ3n) is 4.01. The van der Waals surface area contributed by atoms with Gasteiger partial charge in [-0.25, -0.2) is 9.59 Å². The lowest BCUT2D eigenvalue weighted by Crippen LogP contribution is -2.50. The summed E-state index contributed by atoms with van der Waals surface area (Å²) in [5, 5.41) is 21.2. The van der Waals surface area contributed by atoms with Crippen molar-refractivity contribution in [3.63, 3.8) is 0 Å². The Bertz CT molecular complexity index is 688. The molecule has 3 amide bonds. The Hall–Kier alpha value is -3.10. The number of hydrogen-bond acceptors (Lipinski definition) is 4. The number of benzene rings is 1. The molecule has 1 aliphatic heterocycles. The fourth-order valence-corrected chi connectivity index (χ4v) is 2.59. The molecule has 1 fully saturated rings. The molecule has 25 heavy (non-hydrogen) atoms. The van der Waals surface area contributed by atoms with Gasteiger partial charge < -0.3 is 26.4 Å². The fraction of sp³-hybridized carbons (Fsp3) is 0.375. The highest BCUT2D eigenvalue weighted by molar-refractivity contribution is 6.02. The predicted octanol–water partition coefficient (Wildman–Crippen LogP) is 0.238. The number of carbonyl (C=O) groups is 3. The lowest BCUT2D eigenvalue weighted by molar-refractivity contribution is -0.139. The van der Waals surface area contributed by atoms with Gasteiger partial charge >= 0.3 is 12.0 Å². The average Bonchev–Trinajstić information content (AvgIpc) is 2.93. The first-order valence-electron chi connectivity index (χ1n) is 7.89. The van der Waals surface area contributed by atoms with E-state index in [1.807, 2.05) is 0 Å². The molecule has 1 saturated heterocycles. The smallest absolute Gasteiger partial charge is 0.326 e. The minimum Gasteiger partial charge on any atom is -0.480 e. The van der Waals surface area contributed by atoms with E-state index in [4.69, 9.17) is 16.2 Å². The minimum absolute atomic E-state index is 0.0561. The van der Waals surface area contributed by atoms with E-state index >= 15 is 0 Å². The van der Waals surface area contributed by atoms with Gasteiger partial charge in [0.1, 0.15) is 17.9 Å². The second-order valence-electron chi connectivity index (χ2n) is 5.71. The maximum atomic E-state index is 12.4. The molecule has 1 unspecified atom stereocenters. The second-order valence-corrected chi connectivity index (χ2v) is 5.71. The monoisotopic (exact) mass is 347 g/mol. The molecule has 0 saturated carbocycles. The summed E-state index contributed by atoms with van der Waals surface area (Å²) in [6.45, 7) is 2.07. The lowest BCUT2D eigenvalue weighted by Gasteiger charge is -2.18. The van der Waals surface area contributed by atoms with Crippen LogP contribution in [-0.4, -0.2) is 47.5 Å². The first-order valence-corrected chi connectivity index (χ1v) is 7.89. The number of amidine groups is 1. The molecule has 9 nitrogen and oxygen atoms in total. The van der Waals surface area contributed by atoms with Crippen molar-refractivity contribution in [1.29, 1.82) is 5.41 Å². The highest BCUT2D eigenvalue weighted by Gasteiger charge is 2.34. The van der Waals surface area contributed by atoms with Crippen molar-refractivity contribution in [2.45, 2.75) is 31.8 Å². The van der Waals surface area contributed by atoms with E-state index in [0.717, 1.165) is 0 Å². The van der Waals surface area contributed by atoms with E-state index < -0.39 is 24.1 Å². The molecule has 134 valence electrons. The Kier molecular flexibility index (Phi) is 5.58. The quantitative estimate of drug-likeness (QED) is 0.369. The van der Waals surface area contributed by atoms with Crippen molar-refractivity contribution in [3.05, 3.63) is 29.8 Å². The molecule has 2 rings (SSSR count). The van der Waals surface area contributed by atoms with Gasteiger partial charge in [0.2, 0.25) is 5.91 Å². The number of nitrogens with two attached hydrogens (primary N) is 1. The van der Waals surface area contributed by atoms with Crippen molar-refractivity contribution in [3.8, 4) is 0 Å². The van der Waals surface area contributed by atoms with Crippen LogP contribution in [0.5, 0.6) is 0 Å². The van der Waals surface area contributed by atoms with E-state index in [1.165, 1.54) is 4.90 Å². The van der Waals surface area contributed by atoms with E-state index in [9.17, 15) is 14.4 Å². The van der Waals surface area contributed by atoms with Crippen molar-refractivity contribution < 1.29 is 19.5 Å². The summed E-state index contributed by atoms with van der Waals surface area (Å²) < 4.78 is 0. The summed E-state index contributed by atoms with van der Waals surface area (Å²) in [7, 11) is 0. The number of nitrogens with zero attached hydrogens (tertiary/aromatic N) is 1. The van der Waals surface area contributed by atoms with Gasteiger partial charge in [-0.3, -0.25) is 10.2 Å². The lowest BCUT2D eigenvalue weighted by atomic mass is 10.2. The first kappa shape index (κ1) is 18.2. The molecule has 6 N–H and O–H groups in total. The van der Waals surface area contributed by atoms with Crippen molar-refractivity contribution >= 4 is 29.4 Å².